The highest BCUT2D eigenvalue weighted by molar-refractivity contribution is 5.65. The Balaban J connectivity index is 2.66. The van der Waals surface area contributed by atoms with Crippen LogP contribution in [0.3, 0.4) is 0 Å². The molecule has 0 bridgehead atoms. The Morgan fingerprint density at radius 2 is 1.74 bits per heavy atom. The molecule has 0 aliphatic heterocycles. The summed E-state index contributed by atoms with van der Waals surface area (Å²) in [5.74, 6) is 0. The van der Waals surface area contributed by atoms with Crippen LogP contribution >= 0.6 is 0 Å². The molecule has 0 atom stereocenters. The van der Waals surface area contributed by atoms with Crippen molar-refractivity contribution in [2.24, 2.45) is 0 Å². The Labute approximate surface area is 114 Å². The summed E-state index contributed by atoms with van der Waals surface area (Å²) in [7, 11) is 0. The number of H-pyrrole nitrogens is 1. The van der Waals surface area contributed by atoms with E-state index in [4.69, 9.17) is 0 Å². The molecular weight excluding hydrogens is 236 g/mol. The van der Waals surface area contributed by atoms with Crippen molar-refractivity contribution in [1.29, 1.82) is 0 Å². The molecule has 1 heterocycles. The van der Waals surface area contributed by atoms with E-state index in [-0.39, 0.29) is 11.1 Å². The summed E-state index contributed by atoms with van der Waals surface area (Å²) in [6, 6.07) is 8.13. The van der Waals surface area contributed by atoms with Crippen LogP contribution in [0.2, 0.25) is 0 Å². The van der Waals surface area contributed by atoms with Crippen molar-refractivity contribution in [3.8, 4) is 11.1 Å². The van der Waals surface area contributed by atoms with Crippen molar-refractivity contribution in [1.82, 2.24) is 9.78 Å². The van der Waals surface area contributed by atoms with E-state index in [0.717, 1.165) is 23.2 Å². The van der Waals surface area contributed by atoms with Gasteiger partial charge in [-0.2, -0.15) is 0 Å². The molecule has 102 valence electrons. The van der Waals surface area contributed by atoms with E-state index < -0.39 is 0 Å². The van der Waals surface area contributed by atoms with Gasteiger partial charge in [-0.25, -0.2) is 4.68 Å². The molecule has 0 saturated carbocycles. The Kier molecular flexibility index (Phi) is 3.40. The fraction of sp³-hybridized carbons (Fsp3) is 0.438. The van der Waals surface area contributed by atoms with Gasteiger partial charge in [-0.3, -0.25) is 9.89 Å². The largest absolute Gasteiger partial charge is 0.299 e. The molecule has 2 rings (SSSR count). The van der Waals surface area contributed by atoms with Gasteiger partial charge >= 0.3 is 0 Å². The predicted molar refractivity (Wildman–Crippen MR) is 79.6 cm³/mol. The van der Waals surface area contributed by atoms with Gasteiger partial charge in [-0.05, 0) is 39.7 Å². The number of rotatable bonds is 2. The molecule has 0 unspecified atom stereocenters. The van der Waals surface area contributed by atoms with Crippen LogP contribution in [0.5, 0.6) is 0 Å². The molecule has 19 heavy (non-hydrogen) atoms. The molecule has 1 aromatic heterocycles. The lowest BCUT2D eigenvalue weighted by Crippen LogP contribution is -2.32. The zero-order valence-corrected chi connectivity index (χ0v) is 12.4. The van der Waals surface area contributed by atoms with E-state index in [0.29, 0.717) is 0 Å². The van der Waals surface area contributed by atoms with Crippen molar-refractivity contribution >= 4 is 0 Å². The first-order valence-electron chi connectivity index (χ1n) is 6.76. The summed E-state index contributed by atoms with van der Waals surface area (Å²) in [4.78, 5) is 12.6. The molecule has 0 spiro atoms. The fourth-order valence-corrected chi connectivity index (χ4v) is 2.23. The first-order chi connectivity index (χ1) is 8.84. The van der Waals surface area contributed by atoms with E-state index in [9.17, 15) is 4.79 Å². The normalized spacial score (nSPS) is 11.8. The number of hydrogen-bond donors (Lipinski definition) is 1. The lowest BCUT2D eigenvalue weighted by Gasteiger charge is -2.19. The summed E-state index contributed by atoms with van der Waals surface area (Å²) >= 11 is 0. The van der Waals surface area contributed by atoms with Gasteiger partial charge in [0.15, 0.2) is 0 Å². The van der Waals surface area contributed by atoms with Crippen molar-refractivity contribution in [2.75, 3.05) is 0 Å². The number of hydrogen-bond acceptors (Lipinski definition) is 1. The van der Waals surface area contributed by atoms with Crippen molar-refractivity contribution in [3.63, 3.8) is 0 Å². The lowest BCUT2D eigenvalue weighted by atomic mass is 10.0. The maximum atomic E-state index is 12.6. The zero-order valence-electron chi connectivity index (χ0n) is 12.4. The van der Waals surface area contributed by atoms with E-state index in [1.165, 1.54) is 5.56 Å². The summed E-state index contributed by atoms with van der Waals surface area (Å²) in [5.41, 5.74) is 3.83. The van der Waals surface area contributed by atoms with Crippen LogP contribution in [0, 0.1) is 6.92 Å². The second-order valence-electron chi connectivity index (χ2n) is 6.00. The minimum absolute atomic E-state index is 0.0632. The number of aryl methyl sites for hydroxylation is 2. The number of nitrogens with one attached hydrogen (secondary N) is 1. The minimum Gasteiger partial charge on any atom is -0.299 e. The van der Waals surface area contributed by atoms with Gasteiger partial charge in [0.2, 0.25) is 0 Å². The van der Waals surface area contributed by atoms with E-state index in [1.807, 2.05) is 45.0 Å². The lowest BCUT2D eigenvalue weighted by molar-refractivity contribution is 0.344. The number of aromatic nitrogens is 2. The molecule has 1 aromatic carbocycles. The maximum absolute atomic E-state index is 12.6. The third-order valence-corrected chi connectivity index (χ3v) is 3.33. The zero-order chi connectivity index (χ0) is 14.2. The Bertz CT molecular complexity index is 624. The van der Waals surface area contributed by atoms with Gasteiger partial charge in [-0.1, -0.05) is 36.8 Å². The highest BCUT2D eigenvalue weighted by Gasteiger charge is 2.22. The average molecular weight is 258 g/mol. The van der Waals surface area contributed by atoms with Crippen LogP contribution in [0.4, 0.5) is 0 Å². The molecule has 3 heteroatoms. The molecule has 0 aliphatic carbocycles. The quantitative estimate of drug-likeness (QED) is 0.880. The highest BCUT2D eigenvalue weighted by atomic mass is 16.1. The third-order valence-electron chi connectivity index (χ3n) is 3.33. The van der Waals surface area contributed by atoms with Crippen LogP contribution < -0.4 is 5.56 Å². The summed E-state index contributed by atoms with van der Waals surface area (Å²) < 4.78 is 1.72. The van der Waals surface area contributed by atoms with Crippen molar-refractivity contribution < 1.29 is 0 Å². The van der Waals surface area contributed by atoms with Gasteiger partial charge in [0.05, 0.1) is 11.1 Å². The van der Waals surface area contributed by atoms with Crippen molar-refractivity contribution in [3.05, 3.63) is 45.9 Å². The number of benzene rings is 1. The molecule has 0 amide bonds. The van der Waals surface area contributed by atoms with Crippen LogP contribution in [-0.2, 0) is 12.0 Å². The van der Waals surface area contributed by atoms with Crippen LogP contribution in [0.25, 0.3) is 11.1 Å². The topological polar surface area (TPSA) is 37.8 Å². The molecule has 3 nitrogen and oxygen atoms in total. The minimum atomic E-state index is -0.232. The first-order valence-corrected chi connectivity index (χ1v) is 6.76. The summed E-state index contributed by atoms with van der Waals surface area (Å²) in [6.07, 6.45) is 0.821. The Morgan fingerprint density at radius 1 is 1.16 bits per heavy atom. The van der Waals surface area contributed by atoms with Crippen LogP contribution in [0.1, 0.15) is 39.0 Å². The molecule has 2 aromatic rings. The second-order valence-corrected chi connectivity index (χ2v) is 6.00. The molecule has 0 fully saturated rings. The van der Waals surface area contributed by atoms with Crippen LogP contribution in [-0.4, -0.2) is 9.78 Å². The van der Waals surface area contributed by atoms with Crippen LogP contribution in [0.15, 0.2) is 29.1 Å². The monoisotopic (exact) mass is 258 g/mol. The second kappa shape index (κ2) is 4.72. The Morgan fingerprint density at radius 3 is 2.21 bits per heavy atom. The molecule has 1 N–H and O–H groups in total. The first kappa shape index (κ1) is 13.7. The standard InChI is InChI=1S/C16H22N2O/c1-6-13-14(12-9-7-11(2)8-10-12)15(19)18(17-13)16(3,4)5/h7-10,17H,6H2,1-5H3. The summed E-state index contributed by atoms with van der Waals surface area (Å²) in [6.45, 7) is 10.2. The van der Waals surface area contributed by atoms with Gasteiger partial charge < -0.3 is 0 Å². The fourth-order valence-electron chi connectivity index (χ4n) is 2.23. The third kappa shape index (κ3) is 2.50. The summed E-state index contributed by atoms with van der Waals surface area (Å²) in [5, 5.41) is 3.26. The molecule has 0 radical (unpaired) electrons. The van der Waals surface area contributed by atoms with Gasteiger partial charge in [0, 0.05) is 5.69 Å². The van der Waals surface area contributed by atoms with E-state index >= 15 is 0 Å². The van der Waals surface area contributed by atoms with Gasteiger partial charge in [0.25, 0.3) is 5.56 Å². The molecule has 0 aliphatic rings. The smallest absolute Gasteiger partial charge is 0.275 e. The Hall–Kier alpha value is -1.77. The average Bonchev–Trinajstić information content (AvgIpc) is 2.67. The van der Waals surface area contributed by atoms with E-state index in [2.05, 4.69) is 18.9 Å². The number of aromatic amines is 1. The van der Waals surface area contributed by atoms with Crippen molar-refractivity contribution in [2.45, 2.75) is 46.6 Å². The molecule has 0 saturated heterocycles. The maximum Gasteiger partial charge on any atom is 0.275 e. The highest BCUT2D eigenvalue weighted by Crippen LogP contribution is 2.22. The van der Waals surface area contributed by atoms with E-state index in [1.54, 1.807) is 4.68 Å². The predicted octanol–water partition coefficient (Wildman–Crippen LogP) is 3.47. The van der Waals surface area contributed by atoms with Gasteiger partial charge in [-0.15, -0.1) is 0 Å². The number of nitrogens with zero attached hydrogens (tertiary/aromatic N) is 1. The van der Waals surface area contributed by atoms with Gasteiger partial charge in [0.1, 0.15) is 0 Å². The SMILES string of the molecule is CCc1[nH]n(C(C)(C)C)c(=O)c1-c1ccc(C)cc1. The molecular formula is C16H22N2O.